The van der Waals surface area contributed by atoms with E-state index >= 15 is 0 Å². The van der Waals surface area contributed by atoms with Gasteiger partial charge in [-0.15, -0.1) is 0 Å². The Hall–Kier alpha value is -2.44. The van der Waals surface area contributed by atoms with Crippen molar-refractivity contribution in [2.24, 2.45) is 0 Å². The highest BCUT2D eigenvalue weighted by atomic mass is 32.2. The first-order chi connectivity index (χ1) is 13.8. The Morgan fingerprint density at radius 1 is 1.07 bits per heavy atom. The zero-order valence-electron chi connectivity index (χ0n) is 17.2. The van der Waals surface area contributed by atoms with Gasteiger partial charge in [-0.1, -0.05) is 54.1 Å². The molecule has 1 aliphatic heterocycles. The number of carbonyl (C=O) groups excluding carboxylic acids is 1. The van der Waals surface area contributed by atoms with Crippen LogP contribution in [0.4, 0.5) is 0 Å². The summed E-state index contributed by atoms with van der Waals surface area (Å²) in [7, 11) is -3.64. The van der Waals surface area contributed by atoms with E-state index in [9.17, 15) is 13.2 Å². The van der Waals surface area contributed by atoms with Gasteiger partial charge in [0, 0.05) is 26.1 Å². The van der Waals surface area contributed by atoms with E-state index < -0.39 is 10.0 Å². The largest absolute Gasteiger partial charge is 0.339 e. The van der Waals surface area contributed by atoms with Crippen molar-refractivity contribution in [1.29, 1.82) is 0 Å². The van der Waals surface area contributed by atoms with Gasteiger partial charge >= 0.3 is 0 Å². The lowest BCUT2D eigenvalue weighted by Gasteiger charge is -2.27. The molecule has 0 bridgehead atoms. The van der Waals surface area contributed by atoms with Gasteiger partial charge < -0.3 is 4.90 Å². The lowest BCUT2D eigenvalue weighted by molar-refractivity contribution is -0.130. The number of rotatable bonds is 6. The molecule has 0 spiro atoms. The van der Waals surface area contributed by atoms with Crippen LogP contribution < -0.4 is 4.72 Å². The fourth-order valence-corrected chi connectivity index (χ4v) is 5.40. The average molecular weight is 413 g/mol. The predicted molar refractivity (Wildman–Crippen MR) is 116 cm³/mol. The van der Waals surface area contributed by atoms with Gasteiger partial charge in [-0.25, -0.2) is 13.1 Å². The molecule has 0 saturated carbocycles. The van der Waals surface area contributed by atoms with Crippen LogP contribution in [0.25, 0.3) is 5.57 Å². The fourth-order valence-electron chi connectivity index (χ4n) is 3.92. The Balaban J connectivity index is 1.56. The van der Waals surface area contributed by atoms with Gasteiger partial charge in [-0.05, 0) is 49.5 Å². The topological polar surface area (TPSA) is 66.5 Å². The van der Waals surface area contributed by atoms with Crippen LogP contribution in [0.3, 0.4) is 0 Å². The predicted octanol–water partition coefficient (Wildman–Crippen LogP) is 3.60. The molecule has 2 aromatic carbocycles. The fraction of sp³-hybridized carbons (Fsp3) is 0.348. The smallest absolute Gasteiger partial charge is 0.241 e. The number of sulfonamides is 1. The van der Waals surface area contributed by atoms with Crippen molar-refractivity contribution in [2.75, 3.05) is 19.6 Å². The van der Waals surface area contributed by atoms with Gasteiger partial charge in [-0.2, -0.15) is 0 Å². The minimum atomic E-state index is -3.64. The SMILES string of the molecule is Cc1cc(C)c(S(=O)(=O)NCCC(=O)N2CC=C(c3ccccc3)CC2)c(C)c1. The summed E-state index contributed by atoms with van der Waals surface area (Å²) >= 11 is 0. The molecule has 3 rings (SSSR count). The standard InChI is InChI=1S/C23H28N2O3S/c1-17-15-18(2)23(19(3)16-17)29(27,28)24-12-9-22(26)25-13-10-21(11-14-25)20-7-5-4-6-8-20/h4-8,10,15-16,24H,9,11-14H2,1-3H3. The zero-order valence-corrected chi connectivity index (χ0v) is 18.1. The van der Waals surface area contributed by atoms with E-state index in [0.29, 0.717) is 18.0 Å². The van der Waals surface area contributed by atoms with Crippen LogP contribution in [0.15, 0.2) is 53.4 Å². The molecule has 1 aliphatic rings. The summed E-state index contributed by atoms with van der Waals surface area (Å²) in [6, 6.07) is 13.9. The van der Waals surface area contributed by atoms with Gasteiger partial charge in [0.1, 0.15) is 0 Å². The molecule has 0 aliphatic carbocycles. The monoisotopic (exact) mass is 412 g/mol. The second-order valence-corrected chi connectivity index (χ2v) is 9.26. The van der Waals surface area contributed by atoms with Gasteiger partial charge in [0.25, 0.3) is 0 Å². The molecule has 0 saturated heterocycles. The Bertz CT molecular complexity index is 1000. The Morgan fingerprint density at radius 2 is 1.72 bits per heavy atom. The number of nitrogens with one attached hydrogen (secondary N) is 1. The molecule has 0 fully saturated rings. The maximum absolute atomic E-state index is 12.7. The second-order valence-electron chi connectivity index (χ2n) is 7.56. The lowest BCUT2D eigenvalue weighted by Crippen LogP contribution is -2.37. The van der Waals surface area contributed by atoms with E-state index in [1.165, 1.54) is 11.1 Å². The zero-order chi connectivity index (χ0) is 21.0. The first-order valence-electron chi connectivity index (χ1n) is 9.87. The molecule has 0 unspecified atom stereocenters. The van der Waals surface area contributed by atoms with Crippen LogP contribution in [-0.4, -0.2) is 38.9 Å². The van der Waals surface area contributed by atoms with Crippen molar-refractivity contribution < 1.29 is 13.2 Å². The van der Waals surface area contributed by atoms with Crippen LogP contribution in [0, 0.1) is 20.8 Å². The lowest BCUT2D eigenvalue weighted by atomic mass is 9.99. The van der Waals surface area contributed by atoms with Gasteiger partial charge in [-0.3, -0.25) is 4.79 Å². The summed E-state index contributed by atoms with van der Waals surface area (Å²) in [5, 5.41) is 0. The highest BCUT2D eigenvalue weighted by Crippen LogP contribution is 2.23. The number of amides is 1. The van der Waals surface area contributed by atoms with Crippen molar-refractivity contribution in [3.8, 4) is 0 Å². The summed E-state index contributed by atoms with van der Waals surface area (Å²) < 4.78 is 28.0. The molecule has 1 heterocycles. The molecule has 29 heavy (non-hydrogen) atoms. The maximum Gasteiger partial charge on any atom is 0.241 e. The van der Waals surface area contributed by atoms with Gasteiger partial charge in [0.15, 0.2) is 0 Å². The van der Waals surface area contributed by atoms with Crippen molar-refractivity contribution in [2.45, 2.75) is 38.5 Å². The van der Waals surface area contributed by atoms with E-state index in [2.05, 4.69) is 22.9 Å². The molecular weight excluding hydrogens is 384 g/mol. The number of aryl methyl sites for hydroxylation is 3. The van der Waals surface area contributed by atoms with Crippen molar-refractivity contribution in [1.82, 2.24) is 9.62 Å². The number of hydrogen-bond acceptors (Lipinski definition) is 3. The highest BCUT2D eigenvalue weighted by Gasteiger charge is 2.21. The molecule has 1 amide bonds. The van der Waals surface area contributed by atoms with E-state index in [4.69, 9.17) is 0 Å². The van der Waals surface area contributed by atoms with Crippen molar-refractivity contribution in [3.05, 3.63) is 70.8 Å². The summed E-state index contributed by atoms with van der Waals surface area (Å²) in [6.07, 6.45) is 3.04. The van der Waals surface area contributed by atoms with E-state index in [1.807, 2.05) is 37.3 Å². The van der Waals surface area contributed by atoms with Gasteiger partial charge in [0.05, 0.1) is 4.90 Å². The summed E-state index contributed by atoms with van der Waals surface area (Å²) in [5.41, 5.74) is 4.91. The molecular formula is C23H28N2O3S. The van der Waals surface area contributed by atoms with Crippen LogP contribution in [0.2, 0.25) is 0 Å². The first kappa shape index (κ1) is 21.3. The van der Waals surface area contributed by atoms with E-state index in [0.717, 1.165) is 23.1 Å². The summed E-state index contributed by atoms with van der Waals surface area (Å²) in [4.78, 5) is 14.6. The minimum absolute atomic E-state index is 0.0339. The molecule has 5 nitrogen and oxygen atoms in total. The third kappa shape index (κ3) is 5.14. The third-order valence-corrected chi connectivity index (χ3v) is 6.98. The Kier molecular flexibility index (Phi) is 6.55. The minimum Gasteiger partial charge on any atom is -0.339 e. The normalized spacial score (nSPS) is 14.6. The molecule has 154 valence electrons. The molecule has 0 aromatic heterocycles. The van der Waals surface area contributed by atoms with Crippen molar-refractivity contribution >= 4 is 21.5 Å². The van der Waals surface area contributed by atoms with E-state index in [-0.39, 0.29) is 18.9 Å². The van der Waals surface area contributed by atoms with Crippen LogP contribution in [0.1, 0.15) is 35.1 Å². The number of benzene rings is 2. The summed E-state index contributed by atoms with van der Waals surface area (Å²) in [5.74, 6) is -0.0339. The number of carbonyl (C=O) groups is 1. The quantitative estimate of drug-likeness (QED) is 0.788. The summed E-state index contributed by atoms with van der Waals surface area (Å²) in [6.45, 7) is 6.85. The average Bonchev–Trinajstić information content (AvgIpc) is 2.67. The van der Waals surface area contributed by atoms with Crippen molar-refractivity contribution in [3.63, 3.8) is 0 Å². The maximum atomic E-state index is 12.7. The Labute approximate surface area is 173 Å². The van der Waals surface area contributed by atoms with Crippen LogP contribution >= 0.6 is 0 Å². The number of nitrogens with zero attached hydrogens (tertiary/aromatic N) is 1. The molecule has 0 atom stereocenters. The van der Waals surface area contributed by atoms with Crippen LogP contribution in [-0.2, 0) is 14.8 Å². The molecule has 1 N–H and O–H groups in total. The molecule has 2 aromatic rings. The van der Waals surface area contributed by atoms with E-state index in [1.54, 1.807) is 18.7 Å². The molecule has 6 heteroatoms. The highest BCUT2D eigenvalue weighted by molar-refractivity contribution is 7.89. The second kappa shape index (κ2) is 8.93. The van der Waals surface area contributed by atoms with Gasteiger partial charge in [0.2, 0.25) is 15.9 Å². The first-order valence-corrected chi connectivity index (χ1v) is 11.4. The Morgan fingerprint density at radius 3 is 2.31 bits per heavy atom. The third-order valence-electron chi connectivity index (χ3n) is 5.21. The number of hydrogen-bond donors (Lipinski definition) is 1. The van der Waals surface area contributed by atoms with Crippen LogP contribution in [0.5, 0.6) is 0 Å². The molecule has 0 radical (unpaired) electrons.